The second-order valence-corrected chi connectivity index (χ2v) is 8.01. The monoisotopic (exact) mass is 443 g/mol. The normalized spacial score (nSPS) is 11.0. The van der Waals surface area contributed by atoms with Crippen LogP contribution in [0.15, 0.2) is 90.2 Å². The molecular formula is C24H18FN5OS. The van der Waals surface area contributed by atoms with Gasteiger partial charge in [-0.25, -0.2) is 4.39 Å². The fourth-order valence-corrected chi connectivity index (χ4v) is 4.22. The van der Waals surface area contributed by atoms with Crippen LogP contribution in [0.1, 0.15) is 0 Å². The zero-order chi connectivity index (χ0) is 21.9. The van der Waals surface area contributed by atoms with Crippen LogP contribution in [0.4, 0.5) is 10.1 Å². The summed E-state index contributed by atoms with van der Waals surface area (Å²) >= 11 is 1.27. The van der Waals surface area contributed by atoms with Gasteiger partial charge in [0, 0.05) is 34.0 Å². The van der Waals surface area contributed by atoms with E-state index >= 15 is 0 Å². The molecule has 0 bridgehead atoms. The zero-order valence-corrected chi connectivity index (χ0v) is 17.6. The van der Waals surface area contributed by atoms with Gasteiger partial charge in [0.05, 0.1) is 5.75 Å². The lowest BCUT2D eigenvalue weighted by atomic mass is 10.1. The van der Waals surface area contributed by atoms with Gasteiger partial charge in [-0.1, -0.05) is 48.2 Å². The predicted octanol–water partition coefficient (Wildman–Crippen LogP) is 5.29. The summed E-state index contributed by atoms with van der Waals surface area (Å²) in [6.45, 7) is 0. The van der Waals surface area contributed by atoms with Crippen LogP contribution in [0.2, 0.25) is 0 Å². The minimum absolute atomic E-state index is 0.150. The number of thioether (sulfide) groups is 1. The van der Waals surface area contributed by atoms with Crippen LogP contribution in [-0.2, 0) is 4.79 Å². The van der Waals surface area contributed by atoms with Crippen molar-refractivity contribution in [1.82, 2.24) is 19.7 Å². The first-order valence-electron chi connectivity index (χ1n) is 9.94. The Morgan fingerprint density at radius 1 is 0.969 bits per heavy atom. The van der Waals surface area contributed by atoms with E-state index in [1.165, 1.54) is 23.9 Å². The first-order chi connectivity index (χ1) is 15.7. The molecule has 2 N–H and O–H groups in total. The Bertz CT molecular complexity index is 1380. The molecule has 2 aromatic heterocycles. The third-order valence-electron chi connectivity index (χ3n) is 4.94. The van der Waals surface area contributed by atoms with Crippen LogP contribution >= 0.6 is 11.8 Å². The lowest BCUT2D eigenvalue weighted by Crippen LogP contribution is -2.14. The topological polar surface area (TPSA) is 75.6 Å². The molecule has 1 amide bonds. The molecule has 0 aliphatic rings. The highest BCUT2D eigenvalue weighted by molar-refractivity contribution is 7.99. The number of aromatic amines is 1. The third-order valence-corrected chi connectivity index (χ3v) is 5.87. The smallest absolute Gasteiger partial charge is 0.234 e. The summed E-state index contributed by atoms with van der Waals surface area (Å²) in [6, 6.07) is 23.3. The van der Waals surface area contributed by atoms with Gasteiger partial charge in [0.2, 0.25) is 5.91 Å². The molecule has 5 rings (SSSR count). The molecular weight excluding hydrogens is 425 g/mol. The number of fused-ring (bicyclic) bond motifs is 1. The lowest BCUT2D eigenvalue weighted by molar-refractivity contribution is -0.113. The molecule has 0 radical (unpaired) electrons. The van der Waals surface area contributed by atoms with Crippen LogP contribution in [-0.4, -0.2) is 31.4 Å². The number of halogens is 1. The highest BCUT2D eigenvalue weighted by Gasteiger charge is 2.19. The van der Waals surface area contributed by atoms with Gasteiger partial charge in [0.15, 0.2) is 11.0 Å². The fourth-order valence-electron chi connectivity index (χ4n) is 3.47. The summed E-state index contributed by atoms with van der Waals surface area (Å²) in [5.74, 6) is 0.290. The minimum Gasteiger partial charge on any atom is -0.360 e. The number of hydrogen-bond acceptors (Lipinski definition) is 4. The highest BCUT2D eigenvalue weighted by atomic mass is 32.2. The second-order valence-electron chi connectivity index (χ2n) is 7.07. The van der Waals surface area contributed by atoms with Crippen molar-refractivity contribution in [3.05, 3.63) is 90.9 Å². The molecule has 158 valence electrons. The molecule has 0 aliphatic heterocycles. The summed E-state index contributed by atoms with van der Waals surface area (Å²) in [6.07, 6.45) is 1.88. The molecule has 0 spiro atoms. The zero-order valence-electron chi connectivity index (χ0n) is 16.8. The number of H-pyrrole nitrogens is 1. The summed E-state index contributed by atoms with van der Waals surface area (Å²) in [5, 5.41) is 13.2. The van der Waals surface area contributed by atoms with E-state index in [4.69, 9.17) is 0 Å². The molecule has 5 aromatic rings. The van der Waals surface area contributed by atoms with Crippen molar-refractivity contribution in [1.29, 1.82) is 0 Å². The number of benzene rings is 3. The first-order valence-corrected chi connectivity index (χ1v) is 10.9. The van der Waals surface area contributed by atoms with Gasteiger partial charge in [0.25, 0.3) is 0 Å². The number of anilines is 1. The molecule has 6 nitrogen and oxygen atoms in total. The maximum absolute atomic E-state index is 13.6. The van der Waals surface area contributed by atoms with Crippen molar-refractivity contribution in [2.24, 2.45) is 0 Å². The van der Waals surface area contributed by atoms with Crippen LogP contribution in [0.5, 0.6) is 0 Å². The van der Waals surface area contributed by atoms with Crippen molar-refractivity contribution in [3.8, 4) is 17.1 Å². The highest BCUT2D eigenvalue weighted by Crippen LogP contribution is 2.32. The van der Waals surface area contributed by atoms with E-state index in [2.05, 4.69) is 20.5 Å². The first kappa shape index (κ1) is 20.0. The van der Waals surface area contributed by atoms with Crippen molar-refractivity contribution in [2.45, 2.75) is 5.16 Å². The maximum Gasteiger partial charge on any atom is 0.234 e. The molecule has 3 aromatic carbocycles. The minimum atomic E-state index is -0.327. The number of amides is 1. The second kappa shape index (κ2) is 8.68. The number of rotatable bonds is 6. The molecule has 0 atom stereocenters. The van der Waals surface area contributed by atoms with Gasteiger partial charge >= 0.3 is 0 Å². The van der Waals surface area contributed by atoms with Gasteiger partial charge in [-0.2, -0.15) is 0 Å². The Balaban J connectivity index is 1.49. The maximum atomic E-state index is 13.6. The molecule has 0 aliphatic carbocycles. The van der Waals surface area contributed by atoms with E-state index < -0.39 is 0 Å². The van der Waals surface area contributed by atoms with E-state index in [1.54, 1.807) is 12.1 Å². The van der Waals surface area contributed by atoms with Crippen molar-refractivity contribution in [2.75, 3.05) is 11.1 Å². The van der Waals surface area contributed by atoms with Gasteiger partial charge in [-0.05, 0) is 42.5 Å². The van der Waals surface area contributed by atoms with Crippen LogP contribution in [0.25, 0.3) is 28.0 Å². The third kappa shape index (κ3) is 4.00. The summed E-state index contributed by atoms with van der Waals surface area (Å²) < 4.78 is 15.4. The summed E-state index contributed by atoms with van der Waals surface area (Å²) in [4.78, 5) is 15.7. The molecule has 0 unspecified atom stereocenters. The molecule has 0 saturated heterocycles. The van der Waals surface area contributed by atoms with Gasteiger partial charge in [-0.3, -0.25) is 9.36 Å². The molecule has 32 heavy (non-hydrogen) atoms. The number of aromatic nitrogens is 4. The average molecular weight is 444 g/mol. The number of carbonyl (C=O) groups excluding carboxylic acids is 1. The van der Waals surface area contributed by atoms with Crippen LogP contribution < -0.4 is 5.32 Å². The standard InChI is InChI=1S/C24H18FN5OS/c25-16-10-12-18(13-11-16)30-23(20-14-26-21-9-5-4-8-19(20)21)28-29-24(30)32-15-22(31)27-17-6-2-1-3-7-17/h1-14,26H,15H2,(H,27,31). The van der Waals surface area contributed by atoms with Crippen molar-refractivity contribution >= 4 is 34.3 Å². The summed E-state index contributed by atoms with van der Waals surface area (Å²) in [5.41, 5.74) is 3.30. The lowest BCUT2D eigenvalue weighted by Gasteiger charge is -2.10. The quantitative estimate of drug-likeness (QED) is 0.350. The fraction of sp³-hybridized carbons (Fsp3) is 0.0417. The Labute approximate surface area is 187 Å². The van der Waals surface area contributed by atoms with Gasteiger partial charge in [0.1, 0.15) is 5.82 Å². The number of hydrogen-bond donors (Lipinski definition) is 2. The van der Waals surface area contributed by atoms with Crippen molar-refractivity contribution < 1.29 is 9.18 Å². The molecule has 8 heteroatoms. The molecule has 2 heterocycles. The molecule has 0 saturated carbocycles. The van der Waals surface area contributed by atoms with Gasteiger partial charge in [-0.15, -0.1) is 10.2 Å². The predicted molar refractivity (Wildman–Crippen MR) is 124 cm³/mol. The average Bonchev–Trinajstić information content (AvgIpc) is 3.43. The Hall–Kier alpha value is -3.91. The summed E-state index contributed by atoms with van der Waals surface area (Å²) in [7, 11) is 0. The van der Waals surface area contributed by atoms with Gasteiger partial charge < -0.3 is 10.3 Å². The van der Waals surface area contributed by atoms with E-state index in [-0.39, 0.29) is 17.5 Å². The Morgan fingerprint density at radius 3 is 2.53 bits per heavy atom. The van der Waals surface area contributed by atoms with E-state index in [9.17, 15) is 9.18 Å². The number of carbonyl (C=O) groups is 1. The van der Waals surface area contributed by atoms with E-state index in [1.807, 2.05) is 65.4 Å². The van der Waals surface area contributed by atoms with Crippen LogP contribution in [0, 0.1) is 5.82 Å². The van der Waals surface area contributed by atoms with E-state index in [0.29, 0.717) is 16.7 Å². The van der Waals surface area contributed by atoms with E-state index in [0.717, 1.165) is 22.2 Å². The van der Waals surface area contributed by atoms with Crippen LogP contribution in [0.3, 0.4) is 0 Å². The Kier molecular flexibility index (Phi) is 5.43. The number of para-hydroxylation sites is 2. The Morgan fingerprint density at radius 2 is 1.72 bits per heavy atom. The molecule has 0 fully saturated rings. The SMILES string of the molecule is O=C(CSc1nnc(-c2c[nH]c3ccccc23)n1-c1ccc(F)cc1)Nc1ccccc1. The number of nitrogens with one attached hydrogen (secondary N) is 2. The number of nitrogens with zero attached hydrogens (tertiary/aromatic N) is 3. The largest absolute Gasteiger partial charge is 0.360 e. The van der Waals surface area contributed by atoms with Crippen molar-refractivity contribution in [3.63, 3.8) is 0 Å².